The molecule has 2 fully saturated rings. The number of piperazine rings is 1. The first kappa shape index (κ1) is 84.6. The minimum Gasteiger partial charge on any atom is -0.508 e. The number of para-hydroxylation sites is 1. The molecule has 1 amide bonds. The fraction of sp³-hybridized carbons (Fsp3) is 0.327. The smallest absolute Gasteiger partial charge is 0.415 e. The van der Waals surface area contributed by atoms with Crippen molar-refractivity contribution in [2.24, 2.45) is 4.99 Å². The molecule has 4 aromatic carbocycles. The van der Waals surface area contributed by atoms with E-state index in [0.29, 0.717) is 150 Å². The first-order valence-corrected chi connectivity index (χ1v) is 43.0. The topological polar surface area (TPSA) is 413 Å². The van der Waals surface area contributed by atoms with Gasteiger partial charge in [-0.1, -0.05) is 30.9 Å². The lowest BCUT2D eigenvalue weighted by molar-refractivity contribution is -0.170. The van der Waals surface area contributed by atoms with Gasteiger partial charge in [0.15, 0.2) is 33.9 Å². The van der Waals surface area contributed by atoms with Crippen LogP contribution in [-0.2, 0) is 126 Å². The lowest BCUT2D eigenvalue weighted by Crippen LogP contribution is -2.44. The molecule has 33 heteroatoms. The molecule has 672 valence electrons. The first-order chi connectivity index (χ1) is 62.8. The van der Waals surface area contributed by atoms with E-state index in [0.717, 1.165) is 110 Å². The fourth-order valence-corrected chi connectivity index (χ4v) is 19.4. The molecule has 23 rings (SSSR count). The molecule has 0 saturated carbocycles. The van der Waals surface area contributed by atoms with Crippen LogP contribution >= 0.6 is 0 Å². The number of hydrogen-bond acceptors (Lipinski definition) is 28. The summed E-state index contributed by atoms with van der Waals surface area (Å²) in [6.07, 6.45) is 1.60. The van der Waals surface area contributed by atoms with Crippen LogP contribution in [-0.4, -0.2) is 180 Å². The Labute approximate surface area is 750 Å². The van der Waals surface area contributed by atoms with Crippen LogP contribution in [0.1, 0.15) is 137 Å². The number of aromatic nitrogens is 8. The Bertz CT molecular complexity index is 7590. The fourth-order valence-electron chi connectivity index (χ4n) is 19.4. The molecule has 11 aliphatic heterocycles. The van der Waals surface area contributed by atoms with E-state index in [1.807, 2.05) is 62.4 Å². The van der Waals surface area contributed by atoms with E-state index in [-0.39, 0.29) is 101 Å². The molecule has 0 bridgehead atoms. The Balaban J connectivity index is 0.000000132. The summed E-state index contributed by atoms with van der Waals surface area (Å²) >= 11 is 0. The number of cyclic esters (lactones) is 4. The van der Waals surface area contributed by atoms with Gasteiger partial charge in [0, 0.05) is 141 Å². The number of carbonyl (C=O) groups is 5. The van der Waals surface area contributed by atoms with Gasteiger partial charge in [-0.2, -0.15) is 0 Å². The third-order valence-corrected chi connectivity index (χ3v) is 26.8. The zero-order valence-electron chi connectivity index (χ0n) is 72.4. The van der Waals surface area contributed by atoms with Gasteiger partial charge in [0.2, 0.25) is 0 Å². The van der Waals surface area contributed by atoms with Gasteiger partial charge in [-0.05, 0) is 163 Å². The largest absolute Gasteiger partial charge is 0.508 e. The van der Waals surface area contributed by atoms with Crippen molar-refractivity contribution in [3.8, 4) is 68.5 Å². The van der Waals surface area contributed by atoms with Crippen molar-refractivity contribution in [3.63, 3.8) is 0 Å². The molecule has 2 saturated heterocycles. The molecule has 11 aliphatic rings. The minimum absolute atomic E-state index is 0. The Morgan fingerprint density at radius 3 is 1.50 bits per heavy atom. The highest BCUT2D eigenvalue weighted by Gasteiger charge is 2.48. The van der Waals surface area contributed by atoms with E-state index in [9.17, 15) is 68.7 Å². The molecule has 0 spiro atoms. The monoisotopic (exact) mass is 1770 g/mol. The third kappa shape index (κ3) is 14.0. The van der Waals surface area contributed by atoms with Crippen molar-refractivity contribution < 1.29 is 88.4 Å². The summed E-state index contributed by atoms with van der Waals surface area (Å²) in [6.45, 7) is 20.1. The number of aliphatic hydroxyl groups is 4. The summed E-state index contributed by atoms with van der Waals surface area (Å²) < 4.78 is 44.1. The van der Waals surface area contributed by atoms with Gasteiger partial charge in [0.05, 0.1) is 122 Å². The first-order valence-electron chi connectivity index (χ1n) is 43.0. The number of phenols is 1. The molecule has 19 heterocycles. The number of fused-ring (bicyclic) bond motifs is 21. The van der Waals surface area contributed by atoms with E-state index in [2.05, 4.69) is 51.5 Å². The molecule has 5 N–H and O–H groups in total. The lowest BCUT2D eigenvalue weighted by atomic mass is 9.89. The number of hydrogen-bond donors (Lipinski definition) is 5. The highest BCUT2D eigenvalue weighted by Crippen LogP contribution is 2.47. The summed E-state index contributed by atoms with van der Waals surface area (Å²) in [6, 6.07) is 31.1. The van der Waals surface area contributed by atoms with Crippen molar-refractivity contribution >= 4 is 79.5 Å². The number of carbonyl (C=O) groups excluding carboxylic acids is 5. The number of esters is 4. The highest BCUT2D eigenvalue weighted by molar-refractivity contribution is 5.95. The van der Waals surface area contributed by atoms with E-state index in [1.165, 1.54) is 27.7 Å². The number of likely N-dealkylation sites (tertiary alicyclic amines) is 1. The Morgan fingerprint density at radius 2 is 0.962 bits per heavy atom. The number of amides is 1. The minimum atomic E-state index is -1.92. The van der Waals surface area contributed by atoms with E-state index in [1.54, 1.807) is 77.8 Å². The molecule has 12 aromatic rings. The van der Waals surface area contributed by atoms with Crippen LogP contribution in [0.2, 0.25) is 0 Å². The Morgan fingerprint density at radius 1 is 0.504 bits per heavy atom. The number of likely N-dealkylation sites (N-methyl/N-ethyl adjacent to an activating group) is 1. The second-order valence-electron chi connectivity index (χ2n) is 35.0. The van der Waals surface area contributed by atoms with Crippen molar-refractivity contribution in [2.45, 2.75) is 148 Å². The van der Waals surface area contributed by atoms with Crippen LogP contribution in [0.4, 0.5) is 4.79 Å². The summed E-state index contributed by atoms with van der Waals surface area (Å²) in [5, 5.41) is 56.6. The molecular weight excluding hydrogens is 1680 g/mol. The van der Waals surface area contributed by atoms with Crippen LogP contribution in [0.25, 0.3) is 89.2 Å². The molecule has 0 aliphatic carbocycles. The molecule has 8 aromatic heterocycles. The van der Waals surface area contributed by atoms with Crippen LogP contribution in [0, 0.1) is 6.92 Å². The van der Waals surface area contributed by atoms with Crippen molar-refractivity contribution in [1.29, 1.82) is 0 Å². The predicted molar refractivity (Wildman–Crippen MR) is 482 cm³/mol. The highest BCUT2D eigenvalue weighted by atomic mass is 16.6. The second-order valence-corrected chi connectivity index (χ2v) is 35.0. The number of piperidine rings is 1. The maximum atomic E-state index is 13.6. The predicted octanol–water partition coefficient (Wildman–Crippen LogP) is 9.12. The Hall–Kier alpha value is -14.6. The average Bonchev–Trinajstić information content (AvgIpc) is 1.62. The molecule has 33 nitrogen and oxygen atoms in total. The quantitative estimate of drug-likeness (QED) is 0.0464. The van der Waals surface area contributed by atoms with E-state index < -0.39 is 52.4 Å². The molecule has 131 heavy (non-hydrogen) atoms. The van der Waals surface area contributed by atoms with Gasteiger partial charge in [0.25, 0.3) is 22.2 Å². The van der Waals surface area contributed by atoms with Crippen molar-refractivity contribution in [3.05, 3.63) is 252 Å². The maximum absolute atomic E-state index is 13.6. The van der Waals surface area contributed by atoms with Crippen molar-refractivity contribution in [1.82, 2.24) is 52.9 Å². The summed E-state index contributed by atoms with van der Waals surface area (Å²) in [5.74, 6) is 1.61. The zero-order valence-corrected chi connectivity index (χ0v) is 72.4. The number of nitrogens with zero attached hydrogens (tertiary/aromatic N) is 12. The number of aryl methyl sites for hydroxylation is 2. The van der Waals surface area contributed by atoms with Crippen LogP contribution in [0.3, 0.4) is 0 Å². The number of benzene rings is 4. The standard InChI is InChI=1S/C31H26N4O6.C27H28N4O6.C21H18N2O5.C19H14N2O4.4H2/c1-4-5-6-11-32-19-9-12-34(13-10-19)30(38)41-20-7-8-25-21(14-20)18(2)22-16-35-26(27(22)33-25)15-24-23(28(35)36)17-40-29(37)31(24,3)39;1-27(34)19-10-21-24-17(13-31(21)25(32)18(19)14-37-26(27)33)16(12-30-5-3-29(2)4-6-30)15-9-22-23(11-20(15)28-24)36-8-7-35-22;1-3-11-12-6-10-8-23-16(18(10)22-15(12)4-5-17(11)24)7-14-13(19(23)25)9-28-20(26)21(14,2)27;1-19(24)13-7-15-16-11(6-10-4-2-3-5-14(10)20-16)8-21(15)17(22)12(13)9-25-18(19)23;;;;/h7-8,14-15,19,39H,1,9-10,12-13,16-17H2,2-3H3;9-11,34H,3-8,12-14H2,1-2H3;4-7,24,27H,3,8-9H2,1-2H3;2-7,24H,8-9H2,1H3;4*1H/t31-;27-;21-;19-;;;;/m0000..../s1. The van der Waals surface area contributed by atoms with Gasteiger partial charge >= 0.3 is 30.0 Å². The molecule has 0 radical (unpaired) electrons. The van der Waals surface area contributed by atoms with Crippen molar-refractivity contribution in [2.75, 3.05) is 59.5 Å². The number of phenolic OH excluding ortho intramolecular Hbond substituents is 1. The molecular formula is C98H94N12O21. The van der Waals surface area contributed by atoms with Crippen LogP contribution < -0.4 is 36.4 Å². The molecule has 4 atom stereocenters. The normalized spacial score (nSPS) is 20.7. The summed E-state index contributed by atoms with van der Waals surface area (Å²) in [5.41, 5.74) is 15.7. The number of ether oxygens (including phenoxy) is 7. The van der Waals surface area contributed by atoms with E-state index >= 15 is 0 Å². The van der Waals surface area contributed by atoms with Gasteiger partial charge in [-0.3, -0.25) is 24.1 Å². The van der Waals surface area contributed by atoms with Gasteiger partial charge in [-0.15, -0.1) is 0 Å². The summed E-state index contributed by atoms with van der Waals surface area (Å²) in [7, 11) is 2.13. The number of aromatic hydroxyl groups is 1. The maximum Gasteiger partial charge on any atom is 0.415 e. The van der Waals surface area contributed by atoms with Gasteiger partial charge < -0.3 is 86.8 Å². The second kappa shape index (κ2) is 31.7. The SMILES string of the molecule is C=C=C=C=C=NC1CCN(C(=O)Oc2ccc3nc4c(c(C)c3c2)Cn2c-4cc3c(c2=O)COC(=O)[C@@]3(C)O)CC1.CCc1c(O)ccc2nc3c(cc12)Cn1c-3cc2c(c1=O)COC(=O)[C@@]2(C)O.CN1CCN(Cc2c3c(nc4cc5c(cc24)OCCO5)-c2cc4c(c(=O)n2C3)COC(=O)[C@@]4(C)O)CC1.C[C@@]1(O)C(=O)OCc2c1cc1n(c2=O)Cc2cc3ccccc3nc2-1.[HH].[HH].[HH].[HH]. The third-order valence-electron chi connectivity index (χ3n) is 26.8. The lowest BCUT2D eigenvalue weighted by Gasteiger charge is -2.33. The zero-order chi connectivity index (χ0) is 91.5. The number of pyridine rings is 8. The van der Waals surface area contributed by atoms with Crippen LogP contribution in [0.5, 0.6) is 23.0 Å². The number of aliphatic imine (C=N–C) groups is 1. The summed E-state index contributed by atoms with van der Waals surface area (Å²) in [4.78, 5) is 144. The number of rotatable bonds is 5. The van der Waals surface area contributed by atoms with Crippen LogP contribution in [0.15, 0.2) is 151 Å². The average molecular weight is 1780 g/mol. The molecule has 0 unspecified atom stereocenters. The van der Waals surface area contributed by atoms with Gasteiger partial charge in [0.1, 0.15) is 51.1 Å². The van der Waals surface area contributed by atoms with Gasteiger partial charge in [-0.25, -0.2) is 48.9 Å². The Kier molecular flexibility index (Phi) is 20.4. The van der Waals surface area contributed by atoms with E-state index in [4.69, 9.17) is 53.1 Å².